The summed E-state index contributed by atoms with van der Waals surface area (Å²) in [6, 6.07) is 0. The molecule has 1 saturated carbocycles. The fraction of sp³-hybridized carbons (Fsp3) is 0.750. The molecule has 1 aliphatic rings. The lowest BCUT2D eigenvalue weighted by Crippen LogP contribution is -2.24. The van der Waals surface area contributed by atoms with Crippen LogP contribution in [-0.4, -0.2) is 49.0 Å². The second-order valence-corrected chi connectivity index (χ2v) is 4.98. The molecule has 1 unspecified atom stereocenters. The highest BCUT2D eigenvalue weighted by molar-refractivity contribution is 5.86. The number of rotatable bonds is 5. The van der Waals surface area contributed by atoms with Crippen LogP contribution in [-0.2, 0) is 6.54 Å². The number of aliphatic hydroxyl groups is 2. The lowest BCUT2D eigenvalue weighted by Gasteiger charge is -2.23. The normalized spacial score (nSPS) is 18.4. The third-order valence-electron chi connectivity index (χ3n) is 3.56. The van der Waals surface area contributed by atoms with Gasteiger partial charge in [-0.25, -0.2) is 9.48 Å². The summed E-state index contributed by atoms with van der Waals surface area (Å²) < 4.78 is 1.43. The summed E-state index contributed by atoms with van der Waals surface area (Å²) in [6.45, 7) is -0.311. The summed E-state index contributed by atoms with van der Waals surface area (Å²) in [7, 11) is 0. The average Bonchev–Trinajstić information content (AvgIpc) is 2.83. The van der Waals surface area contributed by atoms with Crippen LogP contribution in [0.25, 0.3) is 0 Å². The fourth-order valence-corrected chi connectivity index (χ4v) is 2.65. The molecule has 0 spiro atoms. The van der Waals surface area contributed by atoms with Gasteiger partial charge in [-0.15, -0.1) is 5.10 Å². The van der Waals surface area contributed by atoms with Gasteiger partial charge in [-0.1, -0.05) is 24.5 Å². The molecule has 0 amide bonds. The lowest BCUT2D eigenvalue weighted by atomic mass is 9.86. The van der Waals surface area contributed by atoms with E-state index in [1.165, 1.54) is 11.1 Å². The molecule has 1 heterocycles. The van der Waals surface area contributed by atoms with Crippen molar-refractivity contribution in [1.29, 1.82) is 0 Å². The molecular formula is C12H19N3O4. The predicted octanol–water partition coefficient (Wildman–Crippen LogP) is 0.377. The largest absolute Gasteiger partial charge is 0.476 e. The second-order valence-electron chi connectivity index (χ2n) is 4.98. The maximum absolute atomic E-state index is 11.2. The molecule has 0 radical (unpaired) electrons. The molecule has 1 aliphatic carbocycles. The molecule has 1 aromatic heterocycles. The van der Waals surface area contributed by atoms with Gasteiger partial charge in [-0.3, -0.25) is 0 Å². The van der Waals surface area contributed by atoms with Crippen molar-refractivity contribution in [2.45, 2.75) is 50.7 Å². The lowest BCUT2D eigenvalue weighted by molar-refractivity contribution is 0.0685. The maximum atomic E-state index is 11.2. The molecule has 0 aliphatic heterocycles. The van der Waals surface area contributed by atoms with E-state index in [9.17, 15) is 15.0 Å². The third kappa shape index (κ3) is 3.10. The van der Waals surface area contributed by atoms with Crippen molar-refractivity contribution in [2.75, 3.05) is 6.61 Å². The number of aliphatic hydroxyl groups excluding tert-OH is 2. The van der Waals surface area contributed by atoms with E-state index >= 15 is 0 Å². The van der Waals surface area contributed by atoms with E-state index in [0.29, 0.717) is 5.69 Å². The smallest absolute Gasteiger partial charge is 0.358 e. The first-order valence-electron chi connectivity index (χ1n) is 6.59. The SMILES string of the molecule is O=C(O)c1nnn(CC(O)CO)c1C1CCCCC1. The van der Waals surface area contributed by atoms with Crippen LogP contribution >= 0.6 is 0 Å². The highest BCUT2D eigenvalue weighted by Crippen LogP contribution is 2.33. The van der Waals surface area contributed by atoms with E-state index in [1.807, 2.05) is 0 Å². The second kappa shape index (κ2) is 6.12. The number of nitrogens with zero attached hydrogens (tertiary/aromatic N) is 3. The van der Waals surface area contributed by atoms with E-state index < -0.39 is 12.1 Å². The van der Waals surface area contributed by atoms with Gasteiger partial charge >= 0.3 is 5.97 Å². The number of carboxylic acid groups (broad SMARTS) is 1. The molecule has 106 valence electrons. The number of carboxylic acids is 1. The van der Waals surface area contributed by atoms with Gasteiger partial charge in [0.15, 0.2) is 5.69 Å². The molecule has 1 fully saturated rings. The molecule has 7 heteroatoms. The van der Waals surface area contributed by atoms with Gasteiger partial charge < -0.3 is 15.3 Å². The number of hydrogen-bond acceptors (Lipinski definition) is 5. The van der Waals surface area contributed by atoms with Crippen LogP contribution in [0.2, 0.25) is 0 Å². The Morgan fingerprint density at radius 1 is 1.37 bits per heavy atom. The Kier molecular flexibility index (Phi) is 4.49. The first-order chi connectivity index (χ1) is 9.13. The zero-order valence-electron chi connectivity index (χ0n) is 10.7. The van der Waals surface area contributed by atoms with Crippen LogP contribution in [0, 0.1) is 0 Å². The molecule has 0 saturated heterocycles. The standard InChI is InChI=1S/C12H19N3O4/c16-7-9(17)6-15-11(8-4-2-1-3-5-8)10(12(18)19)13-14-15/h8-9,16-17H,1-7H2,(H,18,19). The summed E-state index contributed by atoms with van der Waals surface area (Å²) in [5.41, 5.74) is 0.553. The van der Waals surface area contributed by atoms with E-state index in [4.69, 9.17) is 5.11 Å². The summed E-state index contributed by atoms with van der Waals surface area (Å²) in [4.78, 5) is 11.2. The Morgan fingerprint density at radius 3 is 2.63 bits per heavy atom. The van der Waals surface area contributed by atoms with Gasteiger partial charge in [0, 0.05) is 5.92 Å². The maximum Gasteiger partial charge on any atom is 0.358 e. The van der Waals surface area contributed by atoms with Crippen molar-refractivity contribution in [3.05, 3.63) is 11.4 Å². The van der Waals surface area contributed by atoms with Crippen LogP contribution in [0.15, 0.2) is 0 Å². The molecule has 0 aromatic carbocycles. The summed E-state index contributed by atoms with van der Waals surface area (Å²) >= 11 is 0. The quantitative estimate of drug-likeness (QED) is 0.713. The molecule has 1 atom stereocenters. The first-order valence-corrected chi connectivity index (χ1v) is 6.59. The van der Waals surface area contributed by atoms with Crippen molar-refractivity contribution in [3.63, 3.8) is 0 Å². The number of carbonyl (C=O) groups is 1. The van der Waals surface area contributed by atoms with Crippen LogP contribution in [0.4, 0.5) is 0 Å². The summed E-state index contributed by atoms with van der Waals surface area (Å²) in [6.07, 6.45) is 4.19. The van der Waals surface area contributed by atoms with Gasteiger partial charge in [-0.2, -0.15) is 0 Å². The van der Waals surface area contributed by atoms with Crippen molar-refractivity contribution in [3.8, 4) is 0 Å². The topological polar surface area (TPSA) is 108 Å². The van der Waals surface area contributed by atoms with Crippen molar-refractivity contribution < 1.29 is 20.1 Å². The molecular weight excluding hydrogens is 250 g/mol. The van der Waals surface area contributed by atoms with Crippen molar-refractivity contribution in [2.24, 2.45) is 0 Å². The average molecular weight is 269 g/mol. The summed E-state index contributed by atoms with van der Waals surface area (Å²) in [5.74, 6) is -0.967. The Balaban J connectivity index is 2.29. The zero-order chi connectivity index (χ0) is 13.8. The van der Waals surface area contributed by atoms with Crippen LogP contribution < -0.4 is 0 Å². The minimum absolute atomic E-state index is 0.0305. The Morgan fingerprint density at radius 2 is 2.05 bits per heavy atom. The van der Waals surface area contributed by atoms with Gasteiger partial charge in [0.2, 0.25) is 0 Å². The highest BCUT2D eigenvalue weighted by Gasteiger charge is 2.28. The molecule has 2 rings (SSSR count). The first kappa shape index (κ1) is 14.0. The van der Waals surface area contributed by atoms with E-state index in [1.54, 1.807) is 0 Å². The number of hydrogen-bond donors (Lipinski definition) is 3. The zero-order valence-corrected chi connectivity index (χ0v) is 10.7. The number of aromatic nitrogens is 3. The Labute approximate surface area is 110 Å². The minimum Gasteiger partial charge on any atom is -0.476 e. The van der Waals surface area contributed by atoms with Gasteiger partial charge in [0.1, 0.15) is 0 Å². The summed E-state index contributed by atoms with van der Waals surface area (Å²) in [5, 5.41) is 35.1. The number of aromatic carboxylic acids is 1. The van der Waals surface area contributed by atoms with E-state index in [0.717, 1.165) is 25.7 Å². The van der Waals surface area contributed by atoms with Crippen molar-refractivity contribution in [1.82, 2.24) is 15.0 Å². The van der Waals surface area contributed by atoms with Gasteiger partial charge in [0.25, 0.3) is 0 Å². The minimum atomic E-state index is -1.09. The monoisotopic (exact) mass is 269 g/mol. The molecule has 7 nitrogen and oxygen atoms in total. The Hall–Kier alpha value is -1.47. The van der Waals surface area contributed by atoms with Crippen LogP contribution in [0.3, 0.4) is 0 Å². The van der Waals surface area contributed by atoms with Crippen LogP contribution in [0.5, 0.6) is 0 Å². The van der Waals surface area contributed by atoms with Gasteiger partial charge in [-0.05, 0) is 12.8 Å². The fourth-order valence-electron chi connectivity index (χ4n) is 2.65. The molecule has 3 N–H and O–H groups in total. The van der Waals surface area contributed by atoms with E-state index in [2.05, 4.69) is 10.3 Å². The van der Waals surface area contributed by atoms with Gasteiger partial charge in [0.05, 0.1) is 24.9 Å². The van der Waals surface area contributed by atoms with E-state index in [-0.39, 0.29) is 24.8 Å². The highest BCUT2D eigenvalue weighted by atomic mass is 16.4. The molecule has 19 heavy (non-hydrogen) atoms. The predicted molar refractivity (Wildman–Crippen MR) is 65.9 cm³/mol. The third-order valence-corrected chi connectivity index (χ3v) is 3.56. The van der Waals surface area contributed by atoms with Crippen LogP contribution in [0.1, 0.15) is 54.2 Å². The molecule has 1 aromatic rings. The Bertz CT molecular complexity index is 440. The molecule has 0 bridgehead atoms. The van der Waals surface area contributed by atoms with Crippen molar-refractivity contribution >= 4 is 5.97 Å².